The summed E-state index contributed by atoms with van der Waals surface area (Å²) in [6, 6.07) is 16.9. The fraction of sp³-hybridized carbons (Fsp3) is 0.143. The van der Waals surface area contributed by atoms with Crippen LogP contribution in [0.5, 0.6) is 5.75 Å². The summed E-state index contributed by atoms with van der Waals surface area (Å²) in [4.78, 5) is 4.65. The number of aromatic amines is 1. The van der Waals surface area contributed by atoms with Crippen LogP contribution in [-0.2, 0) is 16.3 Å². The maximum Gasteiger partial charge on any atom is 0.226 e. The number of hydrogen-bond acceptors (Lipinski definition) is 6. The number of ether oxygens (including phenoxy) is 1. The van der Waals surface area contributed by atoms with Crippen molar-refractivity contribution in [3.8, 4) is 28.5 Å². The Hall–Kier alpha value is -3.39. The zero-order chi connectivity index (χ0) is 20.3. The van der Waals surface area contributed by atoms with Gasteiger partial charge in [-0.15, -0.1) is 0 Å². The number of benzene rings is 2. The quantitative estimate of drug-likeness (QED) is 0.499. The Morgan fingerprint density at radius 1 is 1.03 bits per heavy atom. The van der Waals surface area contributed by atoms with Crippen LogP contribution in [0.25, 0.3) is 22.7 Å². The third kappa shape index (κ3) is 4.38. The summed E-state index contributed by atoms with van der Waals surface area (Å²) in [6.07, 6.45) is 4.72. The number of nitrogens with one attached hydrogen (secondary N) is 1. The van der Waals surface area contributed by atoms with E-state index in [0.717, 1.165) is 23.1 Å². The molecule has 0 unspecified atom stereocenters. The largest absolute Gasteiger partial charge is 0.493 e. The maximum atomic E-state index is 11.8. The molecule has 2 aromatic heterocycles. The van der Waals surface area contributed by atoms with Crippen LogP contribution in [0.2, 0.25) is 0 Å². The van der Waals surface area contributed by atoms with Gasteiger partial charge in [-0.05, 0) is 36.4 Å². The smallest absolute Gasteiger partial charge is 0.226 e. The molecule has 0 aliphatic carbocycles. The molecule has 0 atom stereocenters. The van der Waals surface area contributed by atoms with Gasteiger partial charge in [0, 0.05) is 23.8 Å². The highest BCUT2D eigenvalue weighted by Gasteiger charge is 2.16. The number of nitrogens with zero attached hydrogens (tertiary/aromatic N) is 2. The number of H-pyrrole nitrogens is 1. The molecule has 8 heteroatoms. The van der Waals surface area contributed by atoms with Crippen molar-refractivity contribution in [2.24, 2.45) is 0 Å². The van der Waals surface area contributed by atoms with Crippen molar-refractivity contribution in [3.05, 3.63) is 72.8 Å². The maximum absolute atomic E-state index is 11.8. The molecule has 0 aliphatic heterocycles. The van der Waals surface area contributed by atoms with E-state index in [1.165, 1.54) is 6.20 Å². The first-order chi connectivity index (χ1) is 14.0. The zero-order valence-corrected chi connectivity index (χ0v) is 16.5. The minimum absolute atomic E-state index is 0.173. The van der Waals surface area contributed by atoms with E-state index in [4.69, 9.17) is 9.15 Å². The van der Waals surface area contributed by atoms with E-state index < -0.39 is 9.84 Å². The Bertz CT molecular complexity index is 1200. The lowest BCUT2D eigenvalue weighted by atomic mass is 10.1. The standard InChI is InChI=1S/C21H19N3O4S/c1-29(25,26)19-13-22-24-20(19)15-7-9-18(10-8-15)27-12-11-17-14-28-21(23-17)16-5-3-2-4-6-16/h2-10,13-14H,11-12H2,1H3,(H,22,24). The van der Waals surface area contributed by atoms with Crippen LogP contribution in [-0.4, -0.2) is 36.5 Å². The van der Waals surface area contributed by atoms with Gasteiger partial charge >= 0.3 is 0 Å². The molecule has 0 amide bonds. The number of aromatic nitrogens is 3. The minimum atomic E-state index is -3.35. The number of oxazole rings is 1. The molecule has 29 heavy (non-hydrogen) atoms. The van der Waals surface area contributed by atoms with E-state index in [2.05, 4.69) is 15.2 Å². The second kappa shape index (κ2) is 7.92. The van der Waals surface area contributed by atoms with Crippen molar-refractivity contribution in [3.63, 3.8) is 0 Å². The lowest BCUT2D eigenvalue weighted by molar-refractivity contribution is 0.320. The summed E-state index contributed by atoms with van der Waals surface area (Å²) in [5.74, 6) is 1.27. The lowest BCUT2D eigenvalue weighted by Crippen LogP contribution is -2.01. The lowest BCUT2D eigenvalue weighted by Gasteiger charge is -2.06. The molecule has 0 saturated carbocycles. The van der Waals surface area contributed by atoms with Crippen LogP contribution in [0.1, 0.15) is 5.69 Å². The van der Waals surface area contributed by atoms with Crippen LogP contribution in [0.4, 0.5) is 0 Å². The molecule has 2 aromatic carbocycles. The topological polar surface area (TPSA) is 98.1 Å². The highest BCUT2D eigenvalue weighted by atomic mass is 32.2. The van der Waals surface area contributed by atoms with Crippen molar-refractivity contribution in [2.75, 3.05) is 12.9 Å². The number of rotatable bonds is 7. The van der Waals surface area contributed by atoms with Gasteiger partial charge in [-0.1, -0.05) is 18.2 Å². The summed E-state index contributed by atoms with van der Waals surface area (Å²) in [5.41, 5.74) is 2.94. The molecule has 4 rings (SSSR count). The van der Waals surface area contributed by atoms with E-state index in [9.17, 15) is 8.42 Å². The van der Waals surface area contributed by atoms with E-state index in [0.29, 0.717) is 30.4 Å². The van der Waals surface area contributed by atoms with E-state index in [1.807, 2.05) is 30.3 Å². The van der Waals surface area contributed by atoms with Crippen molar-refractivity contribution in [2.45, 2.75) is 11.3 Å². The van der Waals surface area contributed by atoms with E-state index in [1.54, 1.807) is 30.5 Å². The Morgan fingerprint density at radius 3 is 2.52 bits per heavy atom. The molecule has 1 N–H and O–H groups in total. The first-order valence-corrected chi connectivity index (χ1v) is 10.9. The highest BCUT2D eigenvalue weighted by Crippen LogP contribution is 2.26. The molecule has 4 aromatic rings. The monoisotopic (exact) mass is 409 g/mol. The summed E-state index contributed by atoms with van der Waals surface area (Å²) in [5, 5.41) is 6.58. The summed E-state index contributed by atoms with van der Waals surface area (Å²) in [7, 11) is -3.35. The molecule has 0 saturated heterocycles. The molecule has 2 heterocycles. The highest BCUT2D eigenvalue weighted by molar-refractivity contribution is 7.90. The van der Waals surface area contributed by atoms with Gasteiger partial charge in [-0.25, -0.2) is 13.4 Å². The Labute approximate surface area is 168 Å². The van der Waals surface area contributed by atoms with Gasteiger partial charge < -0.3 is 9.15 Å². The van der Waals surface area contributed by atoms with Gasteiger partial charge in [0.25, 0.3) is 0 Å². The first-order valence-electron chi connectivity index (χ1n) is 8.97. The van der Waals surface area contributed by atoms with Crippen molar-refractivity contribution in [1.29, 1.82) is 0 Å². The number of sulfone groups is 1. The fourth-order valence-corrected chi connectivity index (χ4v) is 3.67. The molecule has 0 bridgehead atoms. The van der Waals surface area contributed by atoms with Crippen LogP contribution in [0.15, 0.2) is 76.4 Å². The van der Waals surface area contributed by atoms with Crippen LogP contribution in [0.3, 0.4) is 0 Å². The van der Waals surface area contributed by atoms with Gasteiger partial charge in [0.15, 0.2) is 9.84 Å². The third-order valence-electron chi connectivity index (χ3n) is 4.35. The predicted octanol–water partition coefficient (Wildman–Crippen LogP) is 3.76. The van der Waals surface area contributed by atoms with Crippen LogP contribution >= 0.6 is 0 Å². The Morgan fingerprint density at radius 2 is 1.79 bits per heavy atom. The van der Waals surface area contributed by atoms with E-state index in [-0.39, 0.29) is 4.90 Å². The third-order valence-corrected chi connectivity index (χ3v) is 5.45. The molecule has 148 valence electrons. The summed E-state index contributed by atoms with van der Waals surface area (Å²) < 4.78 is 34.9. The van der Waals surface area contributed by atoms with E-state index >= 15 is 0 Å². The molecular weight excluding hydrogens is 390 g/mol. The van der Waals surface area contributed by atoms with Gasteiger partial charge in [0.2, 0.25) is 5.89 Å². The molecule has 7 nitrogen and oxygen atoms in total. The van der Waals surface area contributed by atoms with Gasteiger partial charge in [0.05, 0.1) is 24.2 Å². The second-order valence-corrected chi connectivity index (χ2v) is 8.50. The second-order valence-electron chi connectivity index (χ2n) is 6.51. The predicted molar refractivity (Wildman–Crippen MR) is 108 cm³/mol. The average molecular weight is 409 g/mol. The number of hydrogen-bond donors (Lipinski definition) is 1. The Kier molecular flexibility index (Phi) is 5.18. The summed E-state index contributed by atoms with van der Waals surface area (Å²) >= 11 is 0. The molecular formula is C21H19N3O4S. The fourth-order valence-electron chi connectivity index (χ4n) is 2.89. The Balaban J connectivity index is 1.37. The van der Waals surface area contributed by atoms with Gasteiger partial charge in [-0.3, -0.25) is 5.10 Å². The minimum Gasteiger partial charge on any atom is -0.493 e. The normalized spacial score (nSPS) is 11.5. The van der Waals surface area contributed by atoms with Crippen molar-refractivity contribution < 1.29 is 17.6 Å². The molecule has 0 aliphatic rings. The van der Waals surface area contributed by atoms with Crippen LogP contribution < -0.4 is 4.74 Å². The van der Waals surface area contributed by atoms with Gasteiger partial charge in [-0.2, -0.15) is 5.10 Å². The molecule has 0 fully saturated rings. The SMILES string of the molecule is CS(=O)(=O)c1cn[nH]c1-c1ccc(OCCc2coc(-c3ccccc3)n2)cc1. The van der Waals surface area contributed by atoms with Crippen molar-refractivity contribution in [1.82, 2.24) is 15.2 Å². The molecule has 0 radical (unpaired) electrons. The summed E-state index contributed by atoms with van der Waals surface area (Å²) in [6.45, 7) is 0.443. The van der Waals surface area contributed by atoms with Crippen molar-refractivity contribution >= 4 is 9.84 Å². The zero-order valence-electron chi connectivity index (χ0n) is 15.7. The van der Waals surface area contributed by atoms with Gasteiger partial charge in [0.1, 0.15) is 16.9 Å². The first kappa shape index (κ1) is 18.9. The van der Waals surface area contributed by atoms with Crippen LogP contribution in [0, 0.1) is 0 Å². The average Bonchev–Trinajstić information content (AvgIpc) is 3.39. The molecule has 0 spiro atoms.